The van der Waals surface area contributed by atoms with Crippen LogP contribution < -0.4 is 5.32 Å². The van der Waals surface area contributed by atoms with Crippen molar-refractivity contribution >= 4 is 28.2 Å². The summed E-state index contributed by atoms with van der Waals surface area (Å²) in [4.78, 5) is 30.0. The lowest BCUT2D eigenvalue weighted by molar-refractivity contribution is 0.0601. The summed E-state index contributed by atoms with van der Waals surface area (Å²) in [5.74, 6) is -0.130. The number of aromatic nitrogens is 1. The van der Waals surface area contributed by atoms with Crippen LogP contribution in [0.15, 0.2) is 34.7 Å². The Labute approximate surface area is 154 Å². The summed E-state index contributed by atoms with van der Waals surface area (Å²) in [6.07, 6.45) is 0. The first-order valence-electron chi connectivity index (χ1n) is 7.95. The van der Waals surface area contributed by atoms with E-state index in [4.69, 9.17) is 9.15 Å². The highest BCUT2D eigenvalue weighted by atomic mass is 32.1. The Bertz CT molecular complexity index is 973. The van der Waals surface area contributed by atoms with Gasteiger partial charge in [0.15, 0.2) is 5.69 Å². The quantitative estimate of drug-likeness (QED) is 0.690. The van der Waals surface area contributed by atoms with Crippen LogP contribution in [0.5, 0.6) is 0 Å². The zero-order valence-electron chi connectivity index (χ0n) is 14.9. The maximum atomic E-state index is 12.7. The normalized spacial score (nSPS) is 10.6. The van der Waals surface area contributed by atoms with Crippen molar-refractivity contribution in [3.8, 4) is 11.5 Å². The number of thiophene rings is 1. The second-order valence-corrected chi connectivity index (χ2v) is 6.95. The molecule has 0 atom stereocenters. The number of ether oxygens (including phenoxy) is 1. The zero-order chi connectivity index (χ0) is 18.8. The van der Waals surface area contributed by atoms with E-state index in [1.807, 2.05) is 44.2 Å². The van der Waals surface area contributed by atoms with E-state index in [9.17, 15) is 9.59 Å². The Morgan fingerprint density at radius 1 is 1.15 bits per heavy atom. The van der Waals surface area contributed by atoms with Gasteiger partial charge in [0.25, 0.3) is 5.91 Å². The Hall–Kier alpha value is -2.93. The van der Waals surface area contributed by atoms with Crippen LogP contribution in [0, 0.1) is 20.8 Å². The van der Waals surface area contributed by atoms with Crippen LogP contribution in [-0.2, 0) is 4.74 Å². The molecule has 2 heterocycles. The molecule has 0 radical (unpaired) electrons. The van der Waals surface area contributed by atoms with Gasteiger partial charge in [0.2, 0.25) is 5.89 Å². The maximum Gasteiger partial charge on any atom is 0.341 e. The maximum absolute atomic E-state index is 12.7. The van der Waals surface area contributed by atoms with Crippen molar-refractivity contribution in [1.82, 2.24) is 4.98 Å². The van der Waals surface area contributed by atoms with Crippen molar-refractivity contribution in [3.63, 3.8) is 0 Å². The van der Waals surface area contributed by atoms with Crippen molar-refractivity contribution in [1.29, 1.82) is 0 Å². The molecule has 6 nitrogen and oxygen atoms in total. The van der Waals surface area contributed by atoms with Gasteiger partial charge in [-0.1, -0.05) is 18.2 Å². The summed E-state index contributed by atoms with van der Waals surface area (Å²) in [5.41, 5.74) is 2.13. The second kappa shape index (κ2) is 7.13. The minimum absolute atomic E-state index is 0.184. The molecule has 0 saturated carbocycles. The van der Waals surface area contributed by atoms with Gasteiger partial charge >= 0.3 is 5.97 Å². The van der Waals surface area contributed by atoms with Gasteiger partial charge < -0.3 is 14.5 Å². The molecule has 0 unspecified atom stereocenters. The van der Waals surface area contributed by atoms with Crippen LogP contribution in [0.4, 0.5) is 5.00 Å². The number of hydrogen-bond donors (Lipinski definition) is 1. The Morgan fingerprint density at radius 3 is 2.50 bits per heavy atom. The SMILES string of the molecule is COC(=O)c1c(NC(=O)c2nc(-c3ccccc3)oc2C)sc(C)c1C. The van der Waals surface area contributed by atoms with Crippen LogP contribution in [0.1, 0.15) is 37.0 Å². The predicted molar refractivity (Wildman–Crippen MR) is 99.8 cm³/mol. The standard InChI is InChI=1S/C19H18N2O4S/c1-10-12(3)26-18(14(10)19(23)24-4)21-16(22)15-11(2)25-17(20-15)13-8-6-5-7-9-13/h5-9H,1-4H3,(H,21,22). The van der Waals surface area contributed by atoms with Gasteiger partial charge in [-0.15, -0.1) is 11.3 Å². The van der Waals surface area contributed by atoms with Gasteiger partial charge in [-0.25, -0.2) is 9.78 Å². The molecule has 0 spiro atoms. The summed E-state index contributed by atoms with van der Waals surface area (Å²) in [5, 5.41) is 3.21. The fourth-order valence-corrected chi connectivity index (χ4v) is 3.58. The molecule has 3 rings (SSSR count). The smallest absolute Gasteiger partial charge is 0.341 e. The molecule has 1 amide bonds. The van der Waals surface area contributed by atoms with E-state index in [-0.39, 0.29) is 5.69 Å². The Kier molecular flexibility index (Phi) is 4.90. The minimum atomic E-state index is -0.482. The Morgan fingerprint density at radius 2 is 1.85 bits per heavy atom. The molecule has 1 N–H and O–H groups in total. The van der Waals surface area contributed by atoms with Gasteiger partial charge in [-0.3, -0.25) is 4.79 Å². The lowest BCUT2D eigenvalue weighted by Gasteiger charge is -2.04. The molecule has 1 aromatic carbocycles. The molecule has 3 aromatic rings. The van der Waals surface area contributed by atoms with Crippen molar-refractivity contribution in [2.75, 3.05) is 12.4 Å². The molecule has 0 bridgehead atoms. The van der Waals surface area contributed by atoms with Crippen LogP contribution >= 0.6 is 11.3 Å². The highest BCUT2D eigenvalue weighted by Crippen LogP contribution is 2.33. The minimum Gasteiger partial charge on any atom is -0.465 e. The topological polar surface area (TPSA) is 81.4 Å². The molecule has 2 aromatic heterocycles. The first kappa shape index (κ1) is 17.9. The molecule has 0 fully saturated rings. The van der Waals surface area contributed by atoms with E-state index < -0.39 is 11.9 Å². The van der Waals surface area contributed by atoms with Gasteiger partial charge in [-0.2, -0.15) is 0 Å². The number of nitrogens with zero attached hydrogens (tertiary/aromatic N) is 1. The summed E-state index contributed by atoms with van der Waals surface area (Å²) < 4.78 is 10.5. The number of carbonyl (C=O) groups excluding carboxylic acids is 2. The van der Waals surface area contributed by atoms with Crippen LogP contribution in [-0.4, -0.2) is 24.0 Å². The summed E-state index contributed by atoms with van der Waals surface area (Å²) in [7, 11) is 1.31. The second-order valence-electron chi connectivity index (χ2n) is 5.72. The van der Waals surface area contributed by atoms with E-state index in [0.717, 1.165) is 16.0 Å². The number of benzene rings is 1. The first-order chi connectivity index (χ1) is 12.4. The van der Waals surface area contributed by atoms with E-state index in [1.165, 1.54) is 18.4 Å². The summed E-state index contributed by atoms with van der Waals surface area (Å²) >= 11 is 1.33. The van der Waals surface area contributed by atoms with Gasteiger partial charge in [0, 0.05) is 10.4 Å². The van der Waals surface area contributed by atoms with E-state index in [2.05, 4.69) is 10.3 Å². The van der Waals surface area contributed by atoms with Crippen LogP contribution in [0.3, 0.4) is 0 Å². The third kappa shape index (κ3) is 3.25. The number of anilines is 1. The number of nitrogens with one attached hydrogen (secondary N) is 1. The largest absolute Gasteiger partial charge is 0.465 e. The molecule has 7 heteroatoms. The fraction of sp³-hybridized carbons (Fsp3) is 0.211. The van der Waals surface area contributed by atoms with E-state index in [1.54, 1.807) is 6.92 Å². The molecular weight excluding hydrogens is 352 g/mol. The number of oxazole rings is 1. The molecule has 0 aliphatic rings. The van der Waals surface area contributed by atoms with Gasteiger partial charge in [-0.05, 0) is 38.5 Å². The monoisotopic (exact) mass is 370 g/mol. The molecule has 0 saturated heterocycles. The highest BCUT2D eigenvalue weighted by molar-refractivity contribution is 7.16. The van der Waals surface area contributed by atoms with Gasteiger partial charge in [0.05, 0.1) is 12.7 Å². The molecule has 0 aliphatic carbocycles. The van der Waals surface area contributed by atoms with Crippen molar-refractivity contribution < 1.29 is 18.7 Å². The lowest BCUT2D eigenvalue weighted by atomic mass is 10.1. The number of amides is 1. The molecule has 26 heavy (non-hydrogen) atoms. The fourth-order valence-electron chi connectivity index (χ4n) is 2.54. The van der Waals surface area contributed by atoms with Crippen molar-refractivity contribution in [2.45, 2.75) is 20.8 Å². The molecule has 0 aliphatic heterocycles. The number of aryl methyl sites for hydroxylation is 2. The third-order valence-corrected chi connectivity index (χ3v) is 5.16. The highest BCUT2D eigenvalue weighted by Gasteiger charge is 2.24. The van der Waals surface area contributed by atoms with Crippen LogP contribution in [0.25, 0.3) is 11.5 Å². The van der Waals surface area contributed by atoms with Crippen LogP contribution in [0.2, 0.25) is 0 Å². The van der Waals surface area contributed by atoms with E-state index in [0.29, 0.717) is 22.2 Å². The van der Waals surface area contributed by atoms with Crippen molar-refractivity contribution in [2.24, 2.45) is 0 Å². The number of esters is 1. The number of carbonyl (C=O) groups is 2. The average molecular weight is 370 g/mol. The first-order valence-corrected chi connectivity index (χ1v) is 8.76. The summed E-state index contributed by atoms with van der Waals surface area (Å²) in [6, 6.07) is 9.34. The molecular formula is C19H18N2O4S. The Balaban J connectivity index is 1.91. The van der Waals surface area contributed by atoms with E-state index >= 15 is 0 Å². The number of hydrogen-bond acceptors (Lipinski definition) is 6. The number of methoxy groups -OCH3 is 1. The third-order valence-electron chi connectivity index (χ3n) is 4.03. The predicted octanol–water partition coefficient (Wildman–Crippen LogP) is 4.37. The summed E-state index contributed by atoms with van der Waals surface area (Å²) in [6.45, 7) is 5.39. The van der Waals surface area contributed by atoms with Gasteiger partial charge in [0.1, 0.15) is 10.8 Å². The lowest BCUT2D eigenvalue weighted by Crippen LogP contribution is -2.15. The zero-order valence-corrected chi connectivity index (χ0v) is 15.7. The number of rotatable bonds is 4. The average Bonchev–Trinajstić information content (AvgIpc) is 3.15. The molecule has 134 valence electrons. The van der Waals surface area contributed by atoms with Crippen molar-refractivity contribution in [3.05, 3.63) is 57.8 Å².